The molecule has 1 aliphatic heterocycles. The first kappa shape index (κ1) is 15.3. The summed E-state index contributed by atoms with van der Waals surface area (Å²) < 4.78 is 0. The zero-order valence-electron chi connectivity index (χ0n) is 12.1. The van der Waals surface area contributed by atoms with Crippen molar-refractivity contribution in [1.82, 2.24) is 9.80 Å². The van der Waals surface area contributed by atoms with Crippen LogP contribution in [-0.4, -0.2) is 48.4 Å². The minimum atomic E-state index is 0.304. The Balaban J connectivity index is 1.75. The highest BCUT2D eigenvalue weighted by atomic mass is 35.5. The van der Waals surface area contributed by atoms with Gasteiger partial charge in [0.25, 0.3) is 0 Å². The maximum atomic E-state index is 11.8. The molecule has 0 aliphatic carbocycles. The van der Waals surface area contributed by atoms with Crippen molar-refractivity contribution in [3.05, 3.63) is 34.9 Å². The molecular formula is C16H23ClN2O. The Morgan fingerprint density at radius 3 is 2.55 bits per heavy atom. The van der Waals surface area contributed by atoms with Crippen molar-refractivity contribution >= 4 is 17.5 Å². The van der Waals surface area contributed by atoms with Crippen molar-refractivity contribution < 1.29 is 4.79 Å². The van der Waals surface area contributed by atoms with Gasteiger partial charge in [0.2, 0.25) is 5.91 Å². The number of carbonyl (C=O) groups excluding carboxylic acids is 1. The van der Waals surface area contributed by atoms with Gasteiger partial charge < -0.3 is 4.90 Å². The van der Waals surface area contributed by atoms with E-state index in [1.54, 1.807) is 0 Å². The van der Waals surface area contributed by atoms with Crippen LogP contribution in [0.1, 0.15) is 25.3 Å². The molecule has 0 N–H and O–H groups in total. The van der Waals surface area contributed by atoms with Gasteiger partial charge in [-0.05, 0) is 24.5 Å². The first-order valence-electron chi connectivity index (χ1n) is 7.44. The van der Waals surface area contributed by atoms with Crippen molar-refractivity contribution in [2.45, 2.75) is 26.2 Å². The van der Waals surface area contributed by atoms with E-state index < -0.39 is 0 Å². The van der Waals surface area contributed by atoms with Gasteiger partial charge in [0.05, 0.1) is 0 Å². The summed E-state index contributed by atoms with van der Waals surface area (Å²) in [6.45, 7) is 6.74. The second-order valence-corrected chi connectivity index (χ2v) is 5.72. The number of benzene rings is 1. The van der Waals surface area contributed by atoms with Crippen LogP contribution in [0.2, 0.25) is 5.02 Å². The van der Waals surface area contributed by atoms with Crippen LogP contribution >= 0.6 is 11.6 Å². The summed E-state index contributed by atoms with van der Waals surface area (Å²) in [5, 5.41) is 0.851. The summed E-state index contributed by atoms with van der Waals surface area (Å²) in [7, 11) is 0. The zero-order valence-corrected chi connectivity index (χ0v) is 12.9. The molecule has 1 fully saturated rings. The van der Waals surface area contributed by atoms with Gasteiger partial charge >= 0.3 is 0 Å². The predicted molar refractivity (Wildman–Crippen MR) is 83.1 cm³/mol. The van der Waals surface area contributed by atoms with Gasteiger partial charge in [-0.15, -0.1) is 0 Å². The normalized spacial score (nSPS) is 16.4. The van der Waals surface area contributed by atoms with E-state index in [9.17, 15) is 4.79 Å². The number of halogens is 1. The Hall–Kier alpha value is -1.06. The fourth-order valence-electron chi connectivity index (χ4n) is 2.57. The minimum Gasteiger partial charge on any atom is -0.340 e. The Bertz CT molecular complexity index is 442. The molecule has 0 radical (unpaired) electrons. The quantitative estimate of drug-likeness (QED) is 0.834. The molecule has 1 aliphatic rings. The zero-order chi connectivity index (χ0) is 14.4. The first-order valence-corrected chi connectivity index (χ1v) is 7.82. The maximum absolute atomic E-state index is 11.8. The van der Waals surface area contributed by atoms with Gasteiger partial charge in [0.15, 0.2) is 0 Å². The molecule has 3 nitrogen and oxygen atoms in total. The second kappa shape index (κ2) is 7.65. The van der Waals surface area contributed by atoms with Gasteiger partial charge in [0, 0.05) is 44.2 Å². The topological polar surface area (TPSA) is 23.6 Å². The second-order valence-electron chi connectivity index (χ2n) is 5.31. The van der Waals surface area contributed by atoms with Crippen LogP contribution in [0.15, 0.2) is 24.3 Å². The van der Waals surface area contributed by atoms with Gasteiger partial charge in [-0.3, -0.25) is 9.69 Å². The van der Waals surface area contributed by atoms with Crippen LogP contribution in [0.25, 0.3) is 0 Å². The summed E-state index contributed by atoms with van der Waals surface area (Å²) >= 11 is 6.17. The van der Waals surface area contributed by atoms with Crippen LogP contribution in [0.5, 0.6) is 0 Å². The molecule has 0 unspecified atom stereocenters. The molecule has 1 saturated heterocycles. The summed E-state index contributed by atoms with van der Waals surface area (Å²) in [5.74, 6) is 0.304. The molecule has 0 bridgehead atoms. The molecule has 0 saturated carbocycles. The molecule has 1 heterocycles. The molecule has 0 atom stereocenters. The lowest BCUT2D eigenvalue weighted by molar-refractivity contribution is -0.132. The Kier molecular flexibility index (Phi) is 5.86. The average molecular weight is 295 g/mol. The fourth-order valence-corrected chi connectivity index (χ4v) is 2.80. The number of hydrogen-bond donors (Lipinski definition) is 0. The Labute approximate surface area is 126 Å². The molecule has 1 aromatic rings. The van der Waals surface area contributed by atoms with Crippen LogP contribution in [0.3, 0.4) is 0 Å². The number of nitrogens with zero attached hydrogens (tertiary/aromatic N) is 2. The molecule has 4 heteroatoms. The third kappa shape index (κ3) is 4.22. The smallest absolute Gasteiger partial charge is 0.222 e. The van der Waals surface area contributed by atoms with Gasteiger partial charge in [-0.1, -0.05) is 36.7 Å². The van der Waals surface area contributed by atoms with E-state index in [1.807, 2.05) is 23.1 Å². The lowest BCUT2D eigenvalue weighted by Crippen LogP contribution is -2.49. The van der Waals surface area contributed by atoms with E-state index in [2.05, 4.69) is 17.9 Å². The SMILES string of the molecule is CCCC(=O)N1CCN(CCc2ccccc2Cl)CC1. The monoisotopic (exact) mass is 294 g/mol. The van der Waals surface area contributed by atoms with Crippen molar-refractivity contribution in [2.75, 3.05) is 32.7 Å². The van der Waals surface area contributed by atoms with Crippen molar-refractivity contribution in [1.29, 1.82) is 0 Å². The molecular weight excluding hydrogens is 272 g/mol. The number of piperazine rings is 1. The van der Waals surface area contributed by atoms with Crippen LogP contribution in [-0.2, 0) is 11.2 Å². The highest BCUT2D eigenvalue weighted by molar-refractivity contribution is 6.31. The molecule has 20 heavy (non-hydrogen) atoms. The highest BCUT2D eigenvalue weighted by Crippen LogP contribution is 2.16. The van der Waals surface area contributed by atoms with E-state index in [-0.39, 0.29) is 0 Å². The highest BCUT2D eigenvalue weighted by Gasteiger charge is 2.20. The van der Waals surface area contributed by atoms with E-state index in [1.165, 1.54) is 5.56 Å². The first-order chi connectivity index (χ1) is 9.70. The lowest BCUT2D eigenvalue weighted by atomic mass is 10.1. The third-order valence-corrected chi connectivity index (χ3v) is 4.21. The van der Waals surface area contributed by atoms with Gasteiger partial charge in [-0.2, -0.15) is 0 Å². The van der Waals surface area contributed by atoms with E-state index in [4.69, 9.17) is 11.6 Å². The number of carbonyl (C=O) groups is 1. The molecule has 110 valence electrons. The van der Waals surface area contributed by atoms with Gasteiger partial charge in [0.1, 0.15) is 0 Å². The predicted octanol–water partition coefficient (Wildman–Crippen LogP) is 2.83. The molecule has 0 aromatic heterocycles. The van der Waals surface area contributed by atoms with E-state index >= 15 is 0 Å². The fraction of sp³-hybridized carbons (Fsp3) is 0.562. The van der Waals surface area contributed by atoms with E-state index in [0.29, 0.717) is 12.3 Å². The standard InChI is InChI=1S/C16H23ClN2O/c1-2-5-16(20)19-12-10-18(11-13-19)9-8-14-6-3-4-7-15(14)17/h3-4,6-7H,2,5,8-13H2,1H3. The maximum Gasteiger partial charge on any atom is 0.222 e. The molecule has 0 spiro atoms. The molecule has 1 aromatic carbocycles. The van der Waals surface area contributed by atoms with Crippen LogP contribution in [0.4, 0.5) is 0 Å². The van der Waals surface area contributed by atoms with Crippen LogP contribution in [0, 0.1) is 0 Å². The van der Waals surface area contributed by atoms with Gasteiger partial charge in [-0.25, -0.2) is 0 Å². The third-order valence-electron chi connectivity index (χ3n) is 3.84. The largest absolute Gasteiger partial charge is 0.340 e. The molecule has 2 rings (SSSR count). The average Bonchev–Trinajstić information content (AvgIpc) is 2.47. The molecule has 1 amide bonds. The summed E-state index contributed by atoms with van der Waals surface area (Å²) in [4.78, 5) is 16.2. The number of amides is 1. The summed E-state index contributed by atoms with van der Waals surface area (Å²) in [6, 6.07) is 8.02. The number of rotatable bonds is 5. The minimum absolute atomic E-state index is 0.304. The van der Waals surface area contributed by atoms with E-state index in [0.717, 1.165) is 50.6 Å². The van der Waals surface area contributed by atoms with Crippen LogP contribution < -0.4 is 0 Å². The van der Waals surface area contributed by atoms with Crippen molar-refractivity contribution in [3.8, 4) is 0 Å². The summed E-state index contributed by atoms with van der Waals surface area (Å²) in [5.41, 5.74) is 1.21. The van der Waals surface area contributed by atoms with Crippen molar-refractivity contribution in [2.24, 2.45) is 0 Å². The Morgan fingerprint density at radius 2 is 1.90 bits per heavy atom. The van der Waals surface area contributed by atoms with Crippen molar-refractivity contribution in [3.63, 3.8) is 0 Å². The number of hydrogen-bond acceptors (Lipinski definition) is 2. The summed E-state index contributed by atoms with van der Waals surface area (Å²) in [6.07, 6.45) is 2.59. The lowest BCUT2D eigenvalue weighted by Gasteiger charge is -2.34. The Morgan fingerprint density at radius 1 is 1.20 bits per heavy atom.